The number of furan rings is 5. The van der Waals surface area contributed by atoms with Crippen LogP contribution in [0.4, 0.5) is 5.88 Å². The highest BCUT2D eigenvalue weighted by Gasteiger charge is 2.15. The molecule has 10 heterocycles. The van der Waals surface area contributed by atoms with Gasteiger partial charge < -0.3 is 22.1 Å². The van der Waals surface area contributed by atoms with Gasteiger partial charge in [0.25, 0.3) is 0 Å². The lowest BCUT2D eigenvalue weighted by Gasteiger charge is -1.87. The second kappa shape index (κ2) is 29.6. The highest BCUT2D eigenvalue weighted by molar-refractivity contribution is 9.10. The molecule has 354 valence electrons. The van der Waals surface area contributed by atoms with Crippen molar-refractivity contribution in [2.45, 2.75) is 102 Å². The van der Waals surface area contributed by atoms with Gasteiger partial charge in [-0.15, -0.1) is 56.7 Å². The molecule has 0 unspecified atom stereocenters. The van der Waals surface area contributed by atoms with E-state index in [0.717, 1.165) is 46.4 Å². The quantitative estimate of drug-likeness (QED) is 0.120. The van der Waals surface area contributed by atoms with Gasteiger partial charge in [0.05, 0.1) is 6.07 Å². The summed E-state index contributed by atoms with van der Waals surface area (Å²) in [5, 5.41) is 29.4. The lowest BCUT2D eigenvalue weighted by molar-refractivity contribution is -0.401. The standard InChI is InChI=1S/2C8H7BrOS.C7H3NOS.C7H6O3S2.C6H3NO3S.5C2H6/c1-4-5(2)11-8-6(4)3-7(9)10-8;1-4-3-6-5(2)7(9)10-8(6)11-4;8-4-6-3-5-1-2-10-7(5)9-6;1-12(8,9)6-4-5-2-3-11-7(5)10-6;8-7(9)5-3-4-1-2-11-6(4)10-5;5*1-2/h2*3H,1-2H3;1-3H;2-4H,1H3;1-3H;5*1-2H3. The fourth-order valence-electron chi connectivity index (χ4n) is 4.77. The summed E-state index contributed by atoms with van der Waals surface area (Å²) < 4.78 is 49.7. The molecule has 0 bridgehead atoms. The molecule has 0 aliphatic heterocycles. The summed E-state index contributed by atoms with van der Waals surface area (Å²) in [5.74, 6) is 0.203. The van der Waals surface area contributed by atoms with Crippen LogP contribution in [-0.2, 0) is 9.84 Å². The minimum atomic E-state index is -3.19. The highest BCUT2D eigenvalue weighted by atomic mass is 79.9. The molecule has 0 saturated carbocycles. The van der Waals surface area contributed by atoms with Gasteiger partial charge in [0, 0.05) is 66.7 Å². The minimum Gasteiger partial charge on any atom is -0.439 e. The molecule has 0 N–H and O–H groups in total. The largest absolute Gasteiger partial charge is 0.439 e. The van der Waals surface area contributed by atoms with E-state index in [2.05, 4.69) is 65.6 Å². The van der Waals surface area contributed by atoms with E-state index < -0.39 is 14.8 Å². The van der Waals surface area contributed by atoms with Crippen molar-refractivity contribution in [3.05, 3.63) is 111 Å². The molecule has 19 heteroatoms. The van der Waals surface area contributed by atoms with Crippen molar-refractivity contribution in [2.24, 2.45) is 0 Å². The Morgan fingerprint density at radius 1 is 0.615 bits per heavy atom. The van der Waals surface area contributed by atoms with Gasteiger partial charge in [-0.25, -0.2) is 8.42 Å². The first-order valence-electron chi connectivity index (χ1n) is 20.6. The zero-order chi connectivity index (χ0) is 49.6. The summed E-state index contributed by atoms with van der Waals surface area (Å²) in [4.78, 5) is 16.4. The maximum Gasteiger partial charge on any atom is 0.434 e. The van der Waals surface area contributed by atoms with Gasteiger partial charge in [0.15, 0.2) is 33.8 Å². The van der Waals surface area contributed by atoms with Gasteiger partial charge in [0.2, 0.25) is 20.7 Å². The van der Waals surface area contributed by atoms with Crippen molar-refractivity contribution >= 4 is 156 Å². The van der Waals surface area contributed by atoms with E-state index in [1.54, 1.807) is 40.9 Å². The Labute approximate surface area is 418 Å². The summed E-state index contributed by atoms with van der Waals surface area (Å²) in [5.41, 5.74) is 2.53. The Kier molecular flexibility index (Phi) is 26.9. The SMILES string of the molecule is CC.CC.CC.CC.CC.CS(=O)(=O)c1cc2ccsc2o1.Cc1cc2c(C)c(Br)oc2s1.Cc1sc2oc(Br)cc2c1C.N#Cc1cc2ccsc2o1.O=[N+]([O-])c1cc2ccsc2o1. The molecule has 10 rings (SSSR count). The van der Waals surface area contributed by atoms with Gasteiger partial charge in [-0.2, -0.15) is 5.26 Å². The summed E-state index contributed by atoms with van der Waals surface area (Å²) >= 11 is 14.3. The van der Waals surface area contributed by atoms with E-state index >= 15 is 0 Å². The van der Waals surface area contributed by atoms with E-state index in [4.69, 9.17) is 27.3 Å². The molecule has 0 saturated heterocycles. The number of aryl methyl sites for hydroxylation is 4. The van der Waals surface area contributed by atoms with Gasteiger partial charge >= 0.3 is 5.88 Å². The lowest BCUT2D eigenvalue weighted by atomic mass is 10.2. The number of nitrogens with zero attached hydrogens (tertiary/aromatic N) is 2. The summed E-state index contributed by atoms with van der Waals surface area (Å²) in [6.45, 7) is 28.4. The van der Waals surface area contributed by atoms with E-state index in [-0.39, 0.29) is 11.0 Å². The number of hydrogen-bond donors (Lipinski definition) is 0. The third-order valence-electron chi connectivity index (χ3n) is 7.61. The predicted octanol–water partition coefficient (Wildman–Crippen LogP) is 19.5. The predicted molar refractivity (Wildman–Crippen MR) is 286 cm³/mol. The van der Waals surface area contributed by atoms with Gasteiger partial charge in [-0.3, -0.25) is 10.1 Å². The van der Waals surface area contributed by atoms with Crippen LogP contribution in [0, 0.1) is 49.1 Å². The molecule has 0 aliphatic rings. The Morgan fingerprint density at radius 3 is 1.54 bits per heavy atom. The highest BCUT2D eigenvalue weighted by Crippen LogP contribution is 2.36. The Bertz CT molecular complexity index is 2900. The van der Waals surface area contributed by atoms with Crippen molar-refractivity contribution in [3.63, 3.8) is 0 Å². The average molecular weight is 1130 g/mol. The normalized spacial score (nSPS) is 9.85. The second-order valence-corrected chi connectivity index (χ2v) is 20.0. The fourth-order valence-corrected chi connectivity index (χ4v) is 10.5. The molecule has 10 aromatic rings. The Balaban J connectivity index is 0.000000387. The smallest absolute Gasteiger partial charge is 0.434 e. The van der Waals surface area contributed by atoms with Crippen molar-refractivity contribution in [1.82, 2.24) is 0 Å². The average Bonchev–Trinajstić information content (AvgIpc) is 4.14. The van der Waals surface area contributed by atoms with Gasteiger partial charge in [-0.1, -0.05) is 69.2 Å². The van der Waals surface area contributed by atoms with Crippen molar-refractivity contribution < 1.29 is 35.4 Å². The number of rotatable bonds is 2. The fraction of sp³-hybridized carbons (Fsp3) is 0.326. The summed E-state index contributed by atoms with van der Waals surface area (Å²) in [6, 6.07) is 16.4. The van der Waals surface area contributed by atoms with Crippen molar-refractivity contribution in [3.8, 4) is 6.07 Å². The van der Waals surface area contributed by atoms with Crippen LogP contribution in [0.2, 0.25) is 0 Å². The number of thiophene rings is 5. The molecule has 0 fully saturated rings. The maximum absolute atomic E-state index is 11.0. The van der Waals surface area contributed by atoms with E-state index in [1.807, 2.05) is 110 Å². The molecule has 10 aromatic heterocycles. The molecule has 0 atom stereocenters. The third kappa shape index (κ3) is 16.7. The van der Waals surface area contributed by atoms with Crippen LogP contribution >= 0.6 is 88.5 Å². The first kappa shape index (κ1) is 59.0. The van der Waals surface area contributed by atoms with Crippen molar-refractivity contribution in [2.75, 3.05) is 6.26 Å². The van der Waals surface area contributed by atoms with Gasteiger partial charge in [-0.05, 0) is 106 Å². The number of nitriles is 1. The second-order valence-electron chi connectivity index (χ2n) is 11.5. The van der Waals surface area contributed by atoms with Crippen LogP contribution in [0.15, 0.2) is 101 Å². The molecule has 65 heavy (non-hydrogen) atoms. The van der Waals surface area contributed by atoms with Gasteiger partial charge in [0.1, 0.15) is 11.0 Å². The maximum atomic E-state index is 11.0. The molecule has 0 aliphatic carbocycles. The number of halogens is 2. The Hall–Kier alpha value is -4.00. The van der Waals surface area contributed by atoms with Crippen LogP contribution in [0.3, 0.4) is 0 Å². The van der Waals surface area contributed by atoms with E-state index in [0.29, 0.717) is 15.6 Å². The molecular weight excluding hydrogens is 1080 g/mol. The first-order chi connectivity index (χ1) is 31.1. The van der Waals surface area contributed by atoms with Crippen LogP contribution in [0.1, 0.15) is 95.9 Å². The van der Waals surface area contributed by atoms with Crippen LogP contribution in [0.5, 0.6) is 0 Å². The number of fused-ring (bicyclic) bond motifs is 5. The number of sulfone groups is 1. The molecular formula is C46H56Br2N2O9S6. The molecule has 0 aromatic carbocycles. The topological polar surface area (TPSA) is 167 Å². The number of hydrogen-bond acceptors (Lipinski definition) is 15. The molecule has 0 radical (unpaired) electrons. The monoisotopic (exact) mass is 1130 g/mol. The van der Waals surface area contributed by atoms with Crippen LogP contribution < -0.4 is 0 Å². The molecule has 0 amide bonds. The first-order valence-corrected chi connectivity index (χ1v) is 28.3. The summed E-state index contributed by atoms with van der Waals surface area (Å²) in [7, 11) is -3.19. The lowest BCUT2D eigenvalue weighted by Crippen LogP contribution is -1.93. The number of nitro groups is 1. The molecule has 11 nitrogen and oxygen atoms in total. The summed E-state index contributed by atoms with van der Waals surface area (Å²) in [6.07, 6.45) is 1.13. The van der Waals surface area contributed by atoms with E-state index in [1.165, 1.54) is 71.7 Å². The van der Waals surface area contributed by atoms with Crippen LogP contribution in [0.25, 0.3) is 51.4 Å². The minimum absolute atomic E-state index is 0.0457. The zero-order valence-electron chi connectivity index (χ0n) is 39.1. The zero-order valence-corrected chi connectivity index (χ0v) is 47.2. The van der Waals surface area contributed by atoms with Crippen LogP contribution in [-0.4, -0.2) is 19.6 Å². The molecule has 0 spiro atoms. The Morgan fingerprint density at radius 2 is 1.09 bits per heavy atom. The third-order valence-corrected chi connectivity index (χ3v) is 14.1. The van der Waals surface area contributed by atoms with Crippen molar-refractivity contribution in [1.29, 1.82) is 5.26 Å². The van der Waals surface area contributed by atoms with E-state index in [9.17, 15) is 18.5 Å².